The van der Waals surface area contributed by atoms with Crippen LogP contribution in [0.2, 0.25) is 10.0 Å². The first-order chi connectivity index (χ1) is 11.3. The maximum atomic E-state index is 11.8. The quantitative estimate of drug-likeness (QED) is 0.562. The second kappa shape index (κ2) is 9.01. The second-order valence-corrected chi connectivity index (χ2v) is 5.50. The van der Waals surface area contributed by atoms with Gasteiger partial charge in [-0.05, 0) is 25.1 Å². The number of carbonyl (C=O) groups excluding carboxylic acids is 3. The van der Waals surface area contributed by atoms with E-state index in [4.69, 9.17) is 33.9 Å². The number of carbonyl (C=O) groups is 3. The third-order valence-electron chi connectivity index (χ3n) is 2.83. The maximum absolute atomic E-state index is 11.8. The monoisotopic (exact) mass is 369 g/mol. The zero-order valence-corrected chi connectivity index (χ0v) is 14.1. The van der Waals surface area contributed by atoms with Crippen LogP contribution in [0.4, 0.5) is 0 Å². The first-order valence-corrected chi connectivity index (χ1v) is 7.38. The molecule has 0 saturated carbocycles. The Balaban J connectivity index is 2.47. The molecule has 1 unspecified atom stereocenters. The summed E-state index contributed by atoms with van der Waals surface area (Å²) >= 11 is 11.5. The number of nitrogens with zero attached hydrogens (tertiary/aromatic N) is 1. The number of nitrogens with one attached hydrogen (secondary N) is 2. The fourth-order valence-corrected chi connectivity index (χ4v) is 1.89. The zero-order valence-electron chi connectivity index (χ0n) is 12.6. The number of esters is 1. The van der Waals surface area contributed by atoms with Gasteiger partial charge in [0, 0.05) is 11.3 Å². The first kappa shape index (κ1) is 19.6. The Kier molecular flexibility index (Phi) is 7.36. The van der Waals surface area contributed by atoms with Gasteiger partial charge in [-0.2, -0.15) is 5.26 Å². The summed E-state index contributed by atoms with van der Waals surface area (Å²) in [5, 5.41) is 18.8. The number of halogens is 2. The Bertz CT molecular complexity index is 728. The van der Waals surface area contributed by atoms with Crippen molar-refractivity contribution in [1.82, 2.24) is 5.32 Å². The van der Waals surface area contributed by atoms with E-state index in [2.05, 4.69) is 10.1 Å². The van der Waals surface area contributed by atoms with Crippen LogP contribution in [-0.2, 0) is 14.3 Å². The van der Waals surface area contributed by atoms with Gasteiger partial charge in [0.25, 0.3) is 5.91 Å². The van der Waals surface area contributed by atoms with Crippen molar-refractivity contribution in [3.63, 3.8) is 0 Å². The van der Waals surface area contributed by atoms with Gasteiger partial charge >= 0.3 is 5.97 Å². The van der Waals surface area contributed by atoms with Crippen molar-refractivity contribution in [3.8, 4) is 6.07 Å². The Hall–Kier alpha value is -2.43. The van der Waals surface area contributed by atoms with Crippen LogP contribution in [0.1, 0.15) is 17.3 Å². The van der Waals surface area contributed by atoms with Crippen LogP contribution in [0.3, 0.4) is 0 Å². The van der Waals surface area contributed by atoms with Gasteiger partial charge in [0.2, 0.25) is 0 Å². The minimum atomic E-state index is -1.25. The summed E-state index contributed by atoms with van der Waals surface area (Å²) in [5.74, 6) is -3.36. The van der Waals surface area contributed by atoms with E-state index in [1.165, 1.54) is 25.1 Å². The molecule has 126 valence electrons. The Morgan fingerprint density at radius 3 is 2.54 bits per heavy atom. The van der Waals surface area contributed by atoms with E-state index in [-0.39, 0.29) is 16.3 Å². The van der Waals surface area contributed by atoms with Crippen molar-refractivity contribution in [2.75, 3.05) is 13.2 Å². The Morgan fingerprint density at radius 1 is 1.33 bits per heavy atom. The van der Waals surface area contributed by atoms with Crippen LogP contribution in [0.5, 0.6) is 0 Å². The topological polar surface area (TPSA) is 120 Å². The normalized spacial score (nSPS) is 11.1. The molecule has 9 heteroatoms. The van der Waals surface area contributed by atoms with E-state index in [0.29, 0.717) is 5.02 Å². The Labute approximate surface area is 148 Å². The van der Waals surface area contributed by atoms with Crippen molar-refractivity contribution in [3.05, 3.63) is 33.8 Å². The second-order valence-electron chi connectivity index (χ2n) is 4.68. The molecule has 0 aliphatic heterocycles. The lowest BCUT2D eigenvalue weighted by Gasteiger charge is -2.08. The fourth-order valence-electron chi connectivity index (χ4n) is 1.59. The third kappa shape index (κ3) is 5.65. The highest BCUT2D eigenvalue weighted by molar-refractivity contribution is 6.42. The molecule has 0 aliphatic carbocycles. The summed E-state index contributed by atoms with van der Waals surface area (Å²) in [6, 6.07) is 5.87. The molecule has 0 radical (unpaired) electrons. The van der Waals surface area contributed by atoms with Gasteiger partial charge < -0.3 is 15.5 Å². The molecule has 1 aromatic rings. The number of hydrogen-bond acceptors (Lipinski definition) is 6. The highest BCUT2D eigenvalue weighted by Crippen LogP contribution is 2.22. The zero-order chi connectivity index (χ0) is 18.3. The van der Waals surface area contributed by atoms with E-state index in [1.807, 2.05) is 0 Å². The van der Waals surface area contributed by atoms with Gasteiger partial charge in [-0.15, -0.1) is 0 Å². The molecule has 0 aliphatic rings. The van der Waals surface area contributed by atoms with Crippen molar-refractivity contribution in [2.45, 2.75) is 6.92 Å². The molecule has 0 fully saturated rings. The van der Waals surface area contributed by atoms with E-state index in [1.54, 1.807) is 6.07 Å². The van der Waals surface area contributed by atoms with Crippen LogP contribution >= 0.6 is 23.2 Å². The summed E-state index contributed by atoms with van der Waals surface area (Å²) in [6.45, 7) is 0.203. The highest BCUT2D eigenvalue weighted by atomic mass is 35.5. The number of Topliss-reactive ketones (excluding diaryl/α,β-unsaturated/α-hetero) is 1. The maximum Gasteiger partial charge on any atom is 0.325 e. The van der Waals surface area contributed by atoms with Gasteiger partial charge in [0.15, 0.2) is 12.4 Å². The number of benzene rings is 1. The molecule has 24 heavy (non-hydrogen) atoms. The third-order valence-corrected chi connectivity index (χ3v) is 3.57. The lowest BCUT2D eigenvalue weighted by Crippen LogP contribution is -2.32. The molecule has 1 aromatic carbocycles. The number of nitriles is 1. The number of ketones is 1. The molecular weight excluding hydrogens is 357 g/mol. The standard InChI is InChI=1S/C15H13Cl2N3O4/c1-8(19)10(5-18)13(21)7-24-14(22)6-20-15(23)9-2-3-11(16)12(17)4-9/h2-4,10,19H,6-7H2,1H3,(H,20,23). The molecular formula is C15H13Cl2N3O4. The number of ether oxygens (including phenoxy) is 1. The predicted molar refractivity (Wildman–Crippen MR) is 87.3 cm³/mol. The smallest absolute Gasteiger partial charge is 0.325 e. The van der Waals surface area contributed by atoms with E-state index >= 15 is 0 Å². The molecule has 1 rings (SSSR count). The lowest BCUT2D eigenvalue weighted by atomic mass is 10.0. The molecule has 1 amide bonds. The number of amides is 1. The lowest BCUT2D eigenvalue weighted by molar-refractivity contribution is -0.147. The van der Waals surface area contributed by atoms with E-state index in [9.17, 15) is 14.4 Å². The molecule has 1 atom stereocenters. The Morgan fingerprint density at radius 2 is 2.00 bits per heavy atom. The number of rotatable bonds is 7. The van der Waals surface area contributed by atoms with Crippen molar-refractivity contribution in [2.24, 2.45) is 5.92 Å². The summed E-state index contributed by atoms with van der Waals surface area (Å²) in [4.78, 5) is 34.9. The van der Waals surface area contributed by atoms with Gasteiger partial charge in [0.1, 0.15) is 12.5 Å². The average Bonchev–Trinajstić information content (AvgIpc) is 2.53. The van der Waals surface area contributed by atoms with E-state index < -0.39 is 36.7 Å². The molecule has 0 saturated heterocycles. The van der Waals surface area contributed by atoms with Crippen LogP contribution in [0.15, 0.2) is 18.2 Å². The molecule has 0 heterocycles. The summed E-state index contributed by atoms with van der Waals surface area (Å²) in [5.41, 5.74) is 0.0729. The number of hydrogen-bond donors (Lipinski definition) is 2. The molecule has 7 nitrogen and oxygen atoms in total. The fraction of sp³-hybridized carbons (Fsp3) is 0.267. The highest BCUT2D eigenvalue weighted by Gasteiger charge is 2.21. The molecule has 0 aromatic heterocycles. The molecule has 0 bridgehead atoms. The molecule has 0 spiro atoms. The average molecular weight is 370 g/mol. The van der Waals surface area contributed by atoms with Crippen molar-refractivity contribution in [1.29, 1.82) is 10.7 Å². The van der Waals surface area contributed by atoms with Gasteiger partial charge in [0.05, 0.1) is 16.1 Å². The van der Waals surface area contributed by atoms with Gasteiger partial charge in [-0.25, -0.2) is 0 Å². The summed E-state index contributed by atoms with van der Waals surface area (Å²) in [7, 11) is 0. The molecule has 2 N–H and O–H groups in total. The SMILES string of the molecule is CC(=N)C(C#N)C(=O)COC(=O)CNC(=O)c1ccc(Cl)c(Cl)c1. The predicted octanol–water partition coefficient (Wildman–Crippen LogP) is 2.01. The van der Waals surface area contributed by atoms with Crippen molar-refractivity contribution < 1.29 is 19.1 Å². The largest absolute Gasteiger partial charge is 0.456 e. The minimum absolute atomic E-state index is 0.133. The first-order valence-electron chi connectivity index (χ1n) is 6.62. The van der Waals surface area contributed by atoms with Crippen LogP contribution in [0, 0.1) is 22.7 Å². The summed E-state index contributed by atoms with van der Waals surface area (Å²) < 4.78 is 4.67. The summed E-state index contributed by atoms with van der Waals surface area (Å²) in [6.07, 6.45) is 0. The van der Waals surface area contributed by atoms with E-state index in [0.717, 1.165) is 0 Å². The van der Waals surface area contributed by atoms with Gasteiger partial charge in [-0.1, -0.05) is 23.2 Å². The minimum Gasteiger partial charge on any atom is -0.456 e. The van der Waals surface area contributed by atoms with Crippen LogP contribution in [0.25, 0.3) is 0 Å². The van der Waals surface area contributed by atoms with Crippen LogP contribution < -0.4 is 5.32 Å². The van der Waals surface area contributed by atoms with Crippen molar-refractivity contribution >= 4 is 46.6 Å². The van der Waals surface area contributed by atoms with Crippen LogP contribution in [-0.4, -0.2) is 36.5 Å². The van der Waals surface area contributed by atoms with Gasteiger partial charge in [-0.3, -0.25) is 14.4 Å².